The number of carbonyl (C=O) groups is 3. The van der Waals surface area contributed by atoms with E-state index in [2.05, 4.69) is 21.2 Å². The number of hydrogen-bond acceptors (Lipinski definition) is 4. The SMILES string of the molecule is CCCN1C(=O)N/C(=C/c2ccc(OCc3ccc(C(=O)O)cc3)c(Br)c2)C1=O. The van der Waals surface area contributed by atoms with Gasteiger partial charge in [-0.15, -0.1) is 0 Å². The van der Waals surface area contributed by atoms with Crippen LogP contribution in [-0.2, 0) is 11.4 Å². The number of hydrogen-bond donors (Lipinski definition) is 2. The van der Waals surface area contributed by atoms with Crippen LogP contribution >= 0.6 is 15.9 Å². The number of halogens is 1. The summed E-state index contributed by atoms with van der Waals surface area (Å²) in [6, 6.07) is 11.4. The zero-order valence-corrected chi connectivity index (χ0v) is 17.2. The summed E-state index contributed by atoms with van der Waals surface area (Å²) in [6.07, 6.45) is 2.32. The van der Waals surface area contributed by atoms with Crippen LogP contribution in [0.25, 0.3) is 6.08 Å². The molecule has 2 aromatic carbocycles. The molecule has 0 radical (unpaired) electrons. The molecule has 2 aromatic rings. The normalized spacial score (nSPS) is 15.0. The minimum atomic E-state index is -0.973. The lowest BCUT2D eigenvalue weighted by atomic mass is 10.1. The number of nitrogens with one attached hydrogen (secondary N) is 1. The van der Waals surface area contributed by atoms with Crippen molar-refractivity contribution in [2.45, 2.75) is 20.0 Å². The lowest BCUT2D eigenvalue weighted by Crippen LogP contribution is -2.31. The molecule has 0 atom stereocenters. The first kappa shape index (κ1) is 20.6. The molecule has 0 aromatic heterocycles. The maximum atomic E-state index is 12.3. The lowest BCUT2D eigenvalue weighted by Gasteiger charge is -2.10. The average molecular weight is 459 g/mol. The van der Waals surface area contributed by atoms with Gasteiger partial charge in [-0.3, -0.25) is 9.69 Å². The molecule has 3 rings (SSSR count). The van der Waals surface area contributed by atoms with Gasteiger partial charge in [0.15, 0.2) is 0 Å². The monoisotopic (exact) mass is 458 g/mol. The van der Waals surface area contributed by atoms with Crippen molar-refractivity contribution in [3.8, 4) is 5.75 Å². The average Bonchev–Trinajstić information content (AvgIpc) is 2.95. The summed E-state index contributed by atoms with van der Waals surface area (Å²) in [7, 11) is 0. The third-order valence-electron chi connectivity index (χ3n) is 4.27. The van der Waals surface area contributed by atoms with Gasteiger partial charge in [0.1, 0.15) is 18.1 Å². The van der Waals surface area contributed by atoms with Gasteiger partial charge < -0.3 is 15.2 Å². The zero-order valence-electron chi connectivity index (χ0n) is 15.6. The second-order valence-corrected chi connectivity index (χ2v) is 7.28. The molecular formula is C21H19BrN2O5. The van der Waals surface area contributed by atoms with Crippen LogP contribution in [0, 0.1) is 0 Å². The Morgan fingerprint density at radius 2 is 1.93 bits per heavy atom. The Bertz CT molecular complexity index is 985. The van der Waals surface area contributed by atoms with Gasteiger partial charge in [0, 0.05) is 6.54 Å². The number of urea groups is 1. The third-order valence-corrected chi connectivity index (χ3v) is 4.89. The topological polar surface area (TPSA) is 95.9 Å². The van der Waals surface area contributed by atoms with Crippen LogP contribution in [0.2, 0.25) is 0 Å². The van der Waals surface area contributed by atoms with Crippen molar-refractivity contribution in [2.75, 3.05) is 6.54 Å². The lowest BCUT2D eigenvalue weighted by molar-refractivity contribution is -0.122. The summed E-state index contributed by atoms with van der Waals surface area (Å²) in [5.74, 6) is -0.707. The Hall–Kier alpha value is -3.13. The van der Waals surface area contributed by atoms with E-state index in [-0.39, 0.29) is 23.8 Å². The summed E-state index contributed by atoms with van der Waals surface area (Å²) in [6.45, 7) is 2.56. The molecule has 0 bridgehead atoms. The van der Waals surface area contributed by atoms with E-state index in [0.717, 1.165) is 11.1 Å². The predicted molar refractivity (Wildman–Crippen MR) is 110 cm³/mol. The first-order valence-corrected chi connectivity index (χ1v) is 9.77. The van der Waals surface area contributed by atoms with Crippen molar-refractivity contribution >= 4 is 39.9 Å². The number of ether oxygens (including phenoxy) is 1. The molecule has 1 fully saturated rings. The number of rotatable bonds is 7. The molecule has 29 heavy (non-hydrogen) atoms. The van der Waals surface area contributed by atoms with Gasteiger partial charge in [0.25, 0.3) is 5.91 Å². The third kappa shape index (κ3) is 4.83. The van der Waals surface area contributed by atoms with Crippen molar-refractivity contribution in [1.82, 2.24) is 10.2 Å². The second kappa shape index (κ2) is 8.91. The molecule has 1 heterocycles. The Morgan fingerprint density at radius 3 is 2.55 bits per heavy atom. The van der Waals surface area contributed by atoms with Gasteiger partial charge in [-0.05, 0) is 63.8 Å². The molecule has 0 saturated carbocycles. The first-order chi connectivity index (χ1) is 13.9. The number of nitrogens with zero attached hydrogens (tertiary/aromatic N) is 1. The van der Waals surface area contributed by atoms with E-state index in [1.807, 2.05) is 6.92 Å². The van der Waals surface area contributed by atoms with Crippen LogP contribution < -0.4 is 10.1 Å². The highest BCUT2D eigenvalue weighted by Crippen LogP contribution is 2.28. The van der Waals surface area contributed by atoms with Crippen molar-refractivity contribution in [2.24, 2.45) is 0 Å². The smallest absolute Gasteiger partial charge is 0.335 e. The minimum Gasteiger partial charge on any atom is -0.488 e. The Balaban J connectivity index is 1.68. The predicted octanol–water partition coefficient (Wildman–Crippen LogP) is 4.03. The van der Waals surface area contributed by atoms with Gasteiger partial charge in [-0.1, -0.05) is 25.1 Å². The molecule has 2 N–H and O–H groups in total. The van der Waals surface area contributed by atoms with Gasteiger partial charge in [-0.2, -0.15) is 0 Å². The van der Waals surface area contributed by atoms with E-state index < -0.39 is 12.0 Å². The standard InChI is InChI=1S/C21H19BrN2O5/c1-2-9-24-19(25)17(23-21(24)28)11-14-5-8-18(16(22)10-14)29-12-13-3-6-15(7-4-13)20(26)27/h3-8,10-11H,2,9,12H2,1H3,(H,23,28)(H,26,27)/b17-11+. The maximum absolute atomic E-state index is 12.3. The zero-order chi connectivity index (χ0) is 21.0. The molecule has 0 aliphatic carbocycles. The van der Waals surface area contributed by atoms with Gasteiger partial charge in [-0.25, -0.2) is 9.59 Å². The molecule has 1 saturated heterocycles. The number of carboxylic acids is 1. The van der Waals surface area contributed by atoms with Crippen LogP contribution in [0.3, 0.4) is 0 Å². The number of carbonyl (C=O) groups excluding carboxylic acids is 2. The highest BCUT2D eigenvalue weighted by Gasteiger charge is 2.32. The van der Waals surface area contributed by atoms with Gasteiger partial charge in [0.2, 0.25) is 0 Å². The van der Waals surface area contributed by atoms with Crippen LogP contribution in [0.4, 0.5) is 4.79 Å². The van der Waals surface area contributed by atoms with Gasteiger partial charge >= 0.3 is 12.0 Å². The van der Waals surface area contributed by atoms with Crippen LogP contribution in [-0.4, -0.2) is 34.5 Å². The number of imide groups is 1. The minimum absolute atomic E-state index is 0.221. The van der Waals surface area contributed by atoms with Crippen LogP contribution in [0.1, 0.15) is 34.8 Å². The molecule has 150 valence electrons. The van der Waals surface area contributed by atoms with E-state index in [1.165, 1.54) is 17.0 Å². The van der Waals surface area contributed by atoms with E-state index >= 15 is 0 Å². The second-order valence-electron chi connectivity index (χ2n) is 6.43. The van der Waals surface area contributed by atoms with E-state index in [1.54, 1.807) is 36.4 Å². The largest absolute Gasteiger partial charge is 0.488 e. The Morgan fingerprint density at radius 1 is 1.21 bits per heavy atom. The molecule has 3 amide bonds. The summed E-state index contributed by atoms with van der Waals surface area (Å²) in [5, 5.41) is 11.5. The summed E-state index contributed by atoms with van der Waals surface area (Å²) >= 11 is 3.45. The molecular weight excluding hydrogens is 440 g/mol. The Labute approximate surface area is 176 Å². The van der Waals surface area contributed by atoms with Crippen molar-refractivity contribution in [3.63, 3.8) is 0 Å². The van der Waals surface area contributed by atoms with Gasteiger partial charge in [0.05, 0.1) is 10.0 Å². The summed E-state index contributed by atoms with van der Waals surface area (Å²) in [4.78, 5) is 36.2. The maximum Gasteiger partial charge on any atom is 0.335 e. The number of amides is 3. The molecule has 7 nitrogen and oxygen atoms in total. The molecule has 8 heteroatoms. The molecule has 0 spiro atoms. The van der Waals surface area contributed by atoms with Crippen molar-refractivity contribution in [1.29, 1.82) is 0 Å². The van der Waals surface area contributed by atoms with Crippen LogP contribution in [0.15, 0.2) is 52.6 Å². The highest BCUT2D eigenvalue weighted by molar-refractivity contribution is 9.10. The fourth-order valence-corrected chi connectivity index (χ4v) is 3.30. The van der Waals surface area contributed by atoms with E-state index in [9.17, 15) is 14.4 Å². The van der Waals surface area contributed by atoms with E-state index in [4.69, 9.17) is 9.84 Å². The molecule has 0 unspecified atom stereocenters. The number of benzene rings is 2. The van der Waals surface area contributed by atoms with E-state index in [0.29, 0.717) is 23.2 Å². The number of aromatic carboxylic acids is 1. The fourth-order valence-electron chi connectivity index (χ4n) is 2.79. The molecule has 1 aliphatic heterocycles. The molecule has 1 aliphatic rings. The van der Waals surface area contributed by atoms with Crippen LogP contribution in [0.5, 0.6) is 5.75 Å². The number of carboxylic acid groups (broad SMARTS) is 1. The summed E-state index contributed by atoms with van der Waals surface area (Å²) < 4.78 is 6.47. The first-order valence-electron chi connectivity index (χ1n) is 8.98. The fraction of sp³-hybridized carbons (Fsp3) is 0.190. The quantitative estimate of drug-likeness (QED) is 0.482. The summed E-state index contributed by atoms with van der Waals surface area (Å²) in [5.41, 5.74) is 2.03. The van der Waals surface area contributed by atoms with Crippen molar-refractivity contribution < 1.29 is 24.2 Å². The Kier molecular flexibility index (Phi) is 6.33. The van der Waals surface area contributed by atoms with Crippen molar-refractivity contribution in [3.05, 3.63) is 69.3 Å². The highest BCUT2D eigenvalue weighted by atomic mass is 79.9.